The first-order chi connectivity index (χ1) is 12.2. The summed E-state index contributed by atoms with van der Waals surface area (Å²) in [6, 6.07) is 7.36. The van der Waals surface area contributed by atoms with E-state index < -0.39 is 23.3 Å². The molecule has 0 bridgehead atoms. The molecule has 1 saturated heterocycles. The molecule has 142 valence electrons. The van der Waals surface area contributed by atoms with Crippen molar-refractivity contribution in [2.24, 2.45) is 0 Å². The Balaban J connectivity index is 1.79. The lowest BCUT2D eigenvalue weighted by molar-refractivity contribution is -0.139. The van der Waals surface area contributed by atoms with Crippen LogP contribution in [0.15, 0.2) is 24.3 Å². The zero-order valence-electron chi connectivity index (χ0n) is 15.4. The minimum absolute atomic E-state index is 0.0210. The lowest BCUT2D eigenvalue weighted by Crippen LogP contribution is -2.54. The molecule has 26 heavy (non-hydrogen) atoms. The number of likely N-dealkylation sites (tertiary alicyclic amines) is 1. The number of amides is 1. The van der Waals surface area contributed by atoms with E-state index in [2.05, 4.69) is 5.32 Å². The molecule has 2 aliphatic heterocycles. The normalized spacial score (nSPS) is 21.7. The van der Waals surface area contributed by atoms with Crippen LogP contribution in [0, 0.1) is 0 Å². The summed E-state index contributed by atoms with van der Waals surface area (Å²) in [5.41, 5.74) is -0.221. The fourth-order valence-electron chi connectivity index (χ4n) is 3.68. The van der Waals surface area contributed by atoms with E-state index in [-0.39, 0.29) is 12.6 Å². The Morgan fingerprint density at radius 1 is 1.31 bits per heavy atom. The number of carbonyl (C=O) groups excluding carboxylic acids is 1. The number of para-hydroxylation sites is 1. The van der Waals surface area contributed by atoms with Gasteiger partial charge < -0.3 is 19.9 Å². The van der Waals surface area contributed by atoms with E-state index in [0.29, 0.717) is 25.9 Å². The third kappa shape index (κ3) is 3.93. The number of fused-ring (bicyclic) bond motifs is 1. The molecule has 2 aliphatic rings. The van der Waals surface area contributed by atoms with Gasteiger partial charge in [0.2, 0.25) is 0 Å². The molecule has 0 aromatic heterocycles. The molecule has 2 heterocycles. The molecule has 1 spiro atoms. The number of alkyl carbamates (subject to hydrolysis) is 1. The number of ether oxygens (including phenoxy) is 2. The molecule has 0 unspecified atom stereocenters. The number of carboxylic acid groups (broad SMARTS) is 1. The summed E-state index contributed by atoms with van der Waals surface area (Å²) in [5.74, 6) is -0.0692. The molecule has 7 nitrogen and oxygen atoms in total. The molecule has 1 aromatic carbocycles. The first-order valence-electron chi connectivity index (χ1n) is 8.90. The van der Waals surface area contributed by atoms with Gasteiger partial charge in [-0.3, -0.25) is 9.69 Å². The van der Waals surface area contributed by atoms with Gasteiger partial charge in [0.15, 0.2) is 0 Å². The van der Waals surface area contributed by atoms with E-state index in [9.17, 15) is 9.59 Å². The van der Waals surface area contributed by atoms with Gasteiger partial charge in [-0.15, -0.1) is 0 Å². The Bertz CT molecular complexity index is 689. The molecule has 2 N–H and O–H groups in total. The van der Waals surface area contributed by atoms with Crippen LogP contribution in [-0.2, 0) is 9.53 Å². The Morgan fingerprint density at radius 2 is 1.96 bits per heavy atom. The number of carbonyl (C=O) groups is 2. The average molecular weight is 362 g/mol. The summed E-state index contributed by atoms with van der Waals surface area (Å²) in [7, 11) is 0. The number of aliphatic carboxylic acids is 1. The molecule has 7 heteroatoms. The second kappa shape index (κ2) is 6.79. The van der Waals surface area contributed by atoms with Crippen molar-refractivity contribution >= 4 is 12.1 Å². The third-order valence-electron chi connectivity index (χ3n) is 4.79. The fourth-order valence-corrected chi connectivity index (χ4v) is 3.68. The summed E-state index contributed by atoms with van der Waals surface area (Å²) in [6.45, 7) is 6.70. The van der Waals surface area contributed by atoms with Crippen LogP contribution < -0.4 is 10.1 Å². The molecule has 3 rings (SSSR count). The predicted octanol–water partition coefficient (Wildman–Crippen LogP) is 2.56. The zero-order chi connectivity index (χ0) is 18.9. The first kappa shape index (κ1) is 18.5. The number of benzene rings is 1. The topological polar surface area (TPSA) is 88.1 Å². The lowest BCUT2D eigenvalue weighted by atomic mass is 9.82. The van der Waals surface area contributed by atoms with E-state index in [0.717, 1.165) is 11.3 Å². The average Bonchev–Trinajstić information content (AvgIpc) is 2.81. The molecule has 1 amide bonds. The Hall–Kier alpha value is -2.28. The van der Waals surface area contributed by atoms with Crippen LogP contribution in [0.5, 0.6) is 5.75 Å². The van der Waals surface area contributed by atoms with Gasteiger partial charge in [-0.05, 0) is 26.8 Å². The third-order valence-corrected chi connectivity index (χ3v) is 4.79. The maximum Gasteiger partial charge on any atom is 0.408 e. The number of hydrogen-bond donors (Lipinski definition) is 2. The second-order valence-corrected chi connectivity index (χ2v) is 7.95. The zero-order valence-corrected chi connectivity index (χ0v) is 15.4. The van der Waals surface area contributed by atoms with Gasteiger partial charge in [0.1, 0.15) is 23.0 Å². The number of carboxylic acids is 1. The van der Waals surface area contributed by atoms with E-state index >= 15 is 0 Å². The Kier molecular flexibility index (Phi) is 4.84. The van der Waals surface area contributed by atoms with Crippen LogP contribution >= 0.6 is 0 Å². The fraction of sp³-hybridized carbons (Fsp3) is 0.579. The van der Waals surface area contributed by atoms with Crippen molar-refractivity contribution in [1.82, 2.24) is 10.2 Å². The van der Waals surface area contributed by atoms with Gasteiger partial charge >= 0.3 is 12.1 Å². The van der Waals surface area contributed by atoms with Crippen LogP contribution in [0.2, 0.25) is 0 Å². The predicted molar refractivity (Wildman–Crippen MR) is 95.2 cm³/mol. The van der Waals surface area contributed by atoms with Gasteiger partial charge in [0, 0.05) is 31.5 Å². The van der Waals surface area contributed by atoms with Crippen LogP contribution in [-0.4, -0.2) is 52.9 Å². The van der Waals surface area contributed by atoms with E-state index in [1.807, 2.05) is 49.9 Å². The number of rotatable bonds is 3. The summed E-state index contributed by atoms with van der Waals surface area (Å²) >= 11 is 0. The monoisotopic (exact) mass is 362 g/mol. The Morgan fingerprint density at radius 3 is 2.58 bits per heavy atom. The Labute approximate surface area is 153 Å². The summed E-state index contributed by atoms with van der Waals surface area (Å²) in [6.07, 6.45) is 0.792. The number of nitrogens with zero attached hydrogens (tertiary/aromatic N) is 1. The van der Waals surface area contributed by atoms with Crippen molar-refractivity contribution in [3.8, 4) is 5.75 Å². The molecule has 0 radical (unpaired) electrons. The van der Waals surface area contributed by atoms with E-state index in [1.165, 1.54) is 0 Å². The van der Waals surface area contributed by atoms with Crippen LogP contribution in [0.4, 0.5) is 4.79 Å². The second-order valence-electron chi connectivity index (χ2n) is 7.95. The van der Waals surface area contributed by atoms with E-state index in [4.69, 9.17) is 14.6 Å². The number of nitrogens with one attached hydrogen (secondary N) is 1. The molecule has 0 aliphatic carbocycles. The van der Waals surface area contributed by atoms with Crippen molar-refractivity contribution in [3.05, 3.63) is 29.8 Å². The van der Waals surface area contributed by atoms with Crippen LogP contribution in [0.25, 0.3) is 0 Å². The standard InChI is InChI=1S/C19H26N2O5/c1-18(2,3)26-17(24)20-16-13-6-4-5-7-14(13)25-19(16)8-10-21(11-9-19)12-15(22)23/h4-7,16H,8-12H2,1-3H3,(H,20,24)(H,22,23)/t16-/m1/s1. The summed E-state index contributed by atoms with van der Waals surface area (Å²) in [4.78, 5) is 25.2. The van der Waals surface area contributed by atoms with Crippen molar-refractivity contribution in [3.63, 3.8) is 0 Å². The van der Waals surface area contributed by atoms with Crippen molar-refractivity contribution in [2.75, 3.05) is 19.6 Å². The highest BCUT2D eigenvalue weighted by molar-refractivity contribution is 5.70. The highest BCUT2D eigenvalue weighted by Crippen LogP contribution is 2.48. The van der Waals surface area contributed by atoms with Gasteiger partial charge in [0.25, 0.3) is 0 Å². The van der Waals surface area contributed by atoms with Crippen LogP contribution in [0.3, 0.4) is 0 Å². The van der Waals surface area contributed by atoms with Gasteiger partial charge in [-0.25, -0.2) is 4.79 Å². The highest BCUT2D eigenvalue weighted by Gasteiger charge is 2.51. The summed E-state index contributed by atoms with van der Waals surface area (Å²) < 4.78 is 11.7. The molecule has 1 aromatic rings. The number of hydrogen-bond acceptors (Lipinski definition) is 5. The molecule has 1 atom stereocenters. The molecular weight excluding hydrogens is 336 g/mol. The largest absolute Gasteiger partial charge is 0.484 e. The molecule has 1 fully saturated rings. The van der Waals surface area contributed by atoms with Gasteiger partial charge in [0.05, 0.1) is 6.54 Å². The van der Waals surface area contributed by atoms with E-state index in [1.54, 1.807) is 0 Å². The minimum Gasteiger partial charge on any atom is -0.484 e. The molecule has 0 saturated carbocycles. The van der Waals surface area contributed by atoms with Crippen molar-refractivity contribution in [1.29, 1.82) is 0 Å². The van der Waals surface area contributed by atoms with Crippen molar-refractivity contribution in [2.45, 2.75) is 50.9 Å². The first-order valence-corrected chi connectivity index (χ1v) is 8.90. The lowest BCUT2D eigenvalue weighted by Gasteiger charge is -2.41. The highest BCUT2D eigenvalue weighted by atomic mass is 16.6. The molecular formula is C19H26N2O5. The van der Waals surface area contributed by atoms with Gasteiger partial charge in [-0.2, -0.15) is 0 Å². The smallest absolute Gasteiger partial charge is 0.408 e. The maximum atomic E-state index is 12.4. The SMILES string of the molecule is CC(C)(C)OC(=O)N[C@@H]1c2ccccc2OC12CCN(CC(=O)O)CC2. The summed E-state index contributed by atoms with van der Waals surface area (Å²) in [5, 5.41) is 12.0. The van der Waals surface area contributed by atoms with Gasteiger partial charge in [-0.1, -0.05) is 18.2 Å². The maximum absolute atomic E-state index is 12.4. The quantitative estimate of drug-likeness (QED) is 0.859. The van der Waals surface area contributed by atoms with Crippen LogP contribution in [0.1, 0.15) is 45.2 Å². The van der Waals surface area contributed by atoms with Crippen molar-refractivity contribution < 1.29 is 24.2 Å². The minimum atomic E-state index is -0.833. The number of piperidine rings is 1.